The molecule has 1 aliphatic heterocycles. The van der Waals surface area contributed by atoms with Crippen LogP contribution in [0.3, 0.4) is 0 Å². The van der Waals surface area contributed by atoms with Crippen LogP contribution in [0.25, 0.3) is 0 Å². The number of morpholine rings is 1. The SMILES string of the molecule is O[C@@H]1CCCC[C@H]1NN1CCOCC1. The number of aliphatic hydroxyl groups is 1. The van der Waals surface area contributed by atoms with E-state index in [0.717, 1.165) is 39.1 Å². The summed E-state index contributed by atoms with van der Waals surface area (Å²) in [6.07, 6.45) is 4.29. The first-order chi connectivity index (χ1) is 6.86. The van der Waals surface area contributed by atoms with Gasteiger partial charge in [0.15, 0.2) is 0 Å². The number of ether oxygens (including phenoxy) is 1. The van der Waals surface area contributed by atoms with Crippen molar-refractivity contribution in [2.24, 2.45) is 0 Å². The summed E-state index contributed by atoms with van der Waals surface area (Å²) >= 11 is 0. The van der Waals surface area contributed by atoms with Crippen LogP contribution in [0.15, 0.2) is 0 Å². The van der Waals surface area contributed by atoms with E-state index in [1.165, 1.54) is 12.8 Å². The second-order valence-corrected chi connectivity index (χ2v) is 4.19. The lowest BCUT2D eigenvalue weighted by Gasteiger charge is -2.35. The Morgan fingerprint density at radius 1 is 1.14 bits per heavy atom. The second kappa shape index (κ2) is 5.07. The third kappa shape index (κ3) is 2.67. The predicted molar refractivity (Wildman–Crippen MR) is 53.8 cm³/mol. The monoisotopic (exact) mass is 200 g/mol. The Balaban J connectivity index is 1.76. The lowest BCUT2D eigenvalue weighted by molar-refractivity contribution is -0.0215. The van der Waals surface area contributed by atoms with Gasteiger partial charge in [-0.1, -0.05) is 12.8 Å². The Bertz CT molecular complexity index is 172. The predicted octanol–water partition coefficient (Wildman–Crippen LogP) is 0.127. The molecule has 2 rings (SSSR count). The van der Waals surface area contributed by atoms with E-state index in [2.05, 4.69) is 10.4 Å². The van der Waals surface area contributed by atoms with Crippen LogP contribution >= 0.6 is 0 Å². The maximum Gasteiger partial charge on any atom is 0.0706 e. The zero-order valence-corrected chi connectivity index (χ0v) is 8.61. The van der Waals surface area contributed by atoms with Gasteiger partial charge in [0.25, 0.3) is 0 Å². The van der Waals surface area contributed by atoms with E-state index in [1.807, 2.05) is 0 Å². The topological polar surface area (TPSA) is 44.7 Å². The van der Waals surface area contributed by atoms with Crippen molar-refractivity contribution >= 4 is 0 Å². The summed E-state index contributed by atoms with van der Waals surface area (Å²) in [4.78, 5) is 0. The van der Waals surface area contributed by atoms with Crippen LogP contribution < -0.4 is 5.43 Å². The molecular formula is C10H20N2O2. The number of rotatable bonds is 2. The number of hydrogen-bond donors (Lipinski definition) is 2. The number of aliphatic hydroxyl groups excluding tert-OH is 1. The van der Waals surface area contributed by atoms with Crippen molar-refractivity contribution in [1.29, 1.82) is 0 Å². The zero-order chi connectivity index (χ0) is 9.80. The minimum Gasteiger partial charge on any atom is -0.391 e. The van der Waals surface area contributed by atoms with E-state index in [1.54, 1.807) is 0 Å². The lowest BCUT2D eigenvalue weighted by Crippen LogP contribution is -2.54. The molecule has 0 unspecified atom stereocenters. The van der Waals surface area contributed by atoms with Gasteiger partial charge in [0, 0.05) is 19.1 Å². The molecule has 82 valence electrons. The maximum absolute atomic E-state index is 9.78. The van der Waals surface area contributed by atoms with Crippen LogP contribution in [0.4, 0.5) is 0 Å². The van der Waals surface area contributed by atoms with Crippen LogP contribution in [0, 0.1) is 0 Å². The maximum atomic E-state index is 9.78. The minimum absolute atomic E-state index is 0.161. The van der Waals surface area contributed by atoms with Gasteiger partial charge in [-0.25, -0.2) is 10.4 Å². The molecule has 1 heterocycles. The molecule has 4 nitrogen and oxygen atoms in total. The summed E-state index contributed by atoms with van der Waals surface area (Å²) < 4.78 is 5.27. The van der Waals surface area contributed by atoms with Crippen molar-refractivity contribution in [2.45, 2.75) is 37.8 Å². The quantitative estimate of drug-likeness (QED) is 0.665. The molecule has 0 aromatic carbocycles. The van der Waals surface area contributed by atoms with E-state index in [0.29, 0.717) is 0 Å². The summed E-state index contributed by atoms with van der Waals surface area (Å²) in [5, 5.41) is 12.0. The van der Waals surface area contributed by atoms with Crippen molar-refractivity contribution in [2.75, 3.05) is 26.3 Å². The highest BCUT2D eigenvalue weighted by molar-refractivity contribution is 4.79. The number of nitrogens with one attached hydrogen (secondary N) is 1. The van der Waals surface area contributed by atoms with Crippen LogP contribution in [0.1, 0.15) is 25.7 Å². The van der Waals surface area contributed by atoms with Gasteiger partial charge in [0.05, 0.1) is 19.3 Å². The third-order valence-electron chi connectivity index (χ3n) is 3.09. The summed E-state index contributed by atoms with van der Waals surface area (Å²) in [5.41, 5.74) is 3.41. The van der Waals surface area contributed by atoms with Crippen molar-refractivity contribution in [3.8, 4) is 0 Å². The van der Waals surface area contributed by atoms with Crippen molar-refractivity contribution in [3.63, 3.8) is 0 Å². The molecule has 0 radical (unpaired) electrons. The highest BCUT2D eigenvalue weighted by Gasteiger charge is 2.25. The molecule has 0 aromatic heterocycles. The van der Waals surface area contributed by atoms with Crippen LogP contribution in [0.5, 0.6) is 0 Å². The number of nitrogens with zero attached hydrogens (tertiary/aromatic N) is 1. The van der Waals surface area contributed by atoms with Gasteiger partial charge in [0.1, 0.15) is 0 Å². The van der Waals surface area contributed by atoms with Gasteiger partial charge in [-0.05, 0) is 12.8 Å². The average Bonchev–Trinajstić information content (AvgIpc) is 2.23. The Kier molecular flexibility index (Phi) is 3.75. The van der Waals surface area contributed by atoms with Gasteiger partial charge in [-0.3, -0.25) is 0 Å². The van der Waals surface area contributed by atoms with E-state index < -0.39 is 0 Å². The van der Waals surface area contributed by atoms with Crippen molar-refractivity contribution < 1.29 is 9.84 Å². The lowest BCUT2D eigenvalue weighted by atomic mass is 9.93. The van der Waals surface area contributed by atoms with E-state index >= 15 is 0 Å². The van der Waals surface area contributed by atoms with Crippen molar-refractivity contribution in [1.82, 2.24) is 10.4 Å². The Morgan fingerprint density at radius 2 is 1.86 bits per heavy atom. The molecule has 1 saturated carbocycles. The van der Waals surface area contributed by atoms with E-state index in [-0.39, 0.29) is 12.1 Å². The van der Waals surface area contributed by atoms with Crippen LogP contribution in [-0.2, 0) is 4.74 Å². The molecule has 2 fully saturated rings. The zero-order valence-electron chi connectivity index (χ0n) is 8.61. The van der Waals surface area contributed by atoms with Gasteiger partial charge in [0.2, 0.25) is 0 Å². The van der Waals surface area contributed by atoms with Crippen LogP contribution in [-0.4, -0.2) is 48.6 Å². The fraction of sp³-hybridized carbons (Fsp3) is 1.00. The smallest absolute Gasteiger partial charge is 0.0706 e. The third-order valence-corrected chi connectivity index (χ3v) is 3.09. The molecular weight excluding hydrogens is 180 g/mol. The highest BCUT2D eigenvalue weighted by Crippen LogP contribution is 2.18. The molecule has 2 atom stereocenters. The minimum atomic E-state index is -0.161. The van der Waals surface area contributed by atoms with Gasteiger partial charge in [-0.2, -0.15) is 0 Å². The molecule has 14 heavy (non-hydrogen) atoms. The molecule has 2 N–H and O–H groups in total. The average molecular weight is 200 g/mol. The summed E-state index contributed by atoms with van der Waals surface area (Å²) in [6.45, 7) is 3.47. The highest BCUT2D eigenvalue weighted by atomic mass is 16.5. The Morgan fingerprint density at radius 3 is 2.57 bits per heavy atom. The Labute approximate surface area is 85.2 Å². The molecule has 0 aromatic rings. The Hall–Kier alpha value is -0.160. The van der Waals surface area contributed by atoms with Gasteiger partial charge >= 0.3 is 0 Å². The van der Waals surface area contributed by atoms with E-state index in [9.17, 15) is 5.11 Å². The molecule has 0 bridgehead atoms. The fourth-order valence-electron chi connectivity index (χ4n) is 2.19. The summed E-state index contributed by atoms with van der Waals surface area (Å²) in [7, 11) is 0. The molecule has 4 heteroatoms. The molecule has 1 saturated heterocycles. The fourth-order valence-corrected chi connectivity index (χ4v) is 2.19. The van der Waals surface area contributed by atoms with Gasteiger partial charge in [-0.15, -0.1) is 0 Å². The molecule has 1 aliphatic carbocycles. The number of hydrogen-bond acceptors (Lipinski definition) is 4. The summed E-state index contributed by atoms with van der Waals surface area (Å²) in [5.74, 6) is 0. The molecule has 0 spiro atoms. The first-order valence-corrected chi connectivity index (χ1v) is 5.63. The molecule has 2 aliphatic rings. The standard InChI is InChI=1S/C10H20N2O2/c13-10-4-2-1-3-9(10)11-12-5-7-14-8-6-12/h9-11,13H,1-8H2/t9-,10-/m1/s1. The summed E-state index contributed by atoms with van der Waals surface area (Å²) in [6, 6.07) is 0.266. The van der Waals surface area contributed by atoms with Gasteiger partial charge < -0.3 is 9.84 Å². The normalized spacial score (nSPS) is 35.8. The first-order valence-electron chi connectivity index (χ1n) is 5.63. The molecule has 0 amide bonds. The second-order valence-electron chi connectivity index (χ2n) is 4.19. The van der Waals surface area contributed by atoms with Crippen molar-refractivity contribution in [3.05, 3.63) is 0 Å². The van der Waals surface area contributed by atoms with Crippen LogP contribution in [0.2, 0.25) is 0 Å². The first kappa shape index (κ1) is 10.4. The van der Waals surface area contributed by atoms with E-state index in [4.69, 9.17) is 4.74 Å². The largest absolute Gasteiger partial charge is 0.391 e. The number of hydrazine groups is 1.